The van der Waals surface area contributed by atoms with Gasteiger partial charge in [0.15, 0.2) is 0 Å². The van der Waals surface area contributed by atoms with Crippen molar-refractivity contribution in [2.24, 2.45) is 5.92 Å². The molecule has 2 heterocycles. The lowest BCUT2D eigenvalue weighted by Gasteiger charge is -2.24. The van der Waals surface area contributed by atoms with E-state index in [4.69, 9.17) is 4.74 Å². The van der Waals surface area contributed by atoms with Crippen LogP contribution in [0, 0.1) is 5.92 Å². The number of H-pyrrole nitrogens is 1. The molecular weight excluding hydrogens is 302 g/mol. The molecule has 0 spiro atoms. The van der Waals surface area contributed by atoms with Crippen LogP contribution >= 0.6 is 0 Å². The summed E-state index contributed by atoms with van der Waals surface area (Å²) in [5.74, 6) is 1.46. The van der Waals surface area contributed by atoms with Gasteiger partial charge in [-0.3, -0.25) is 9.69 Å². The van der Waals surface area contributed by atoms with Gasteiger partial charge < -0.3 is 14.6 Å². The van der Waals surface area contributed by atoms with E-state index in [0.717, 1.165) is 41.9 Å². The van der Waals surface area contributed by atoms with Crippen molar-refractivity contribution in [2.45, 2.75) is 19.9 Å². The van der Waals surface area contributed by atoms with E-state index in [2.05, 4.69) is 28.8 Å². The summed E-state index contributed by atoms with van der Waals surface area (Å²) in [5.41, 5.74) is 1.65. The molecule has 5 heteroatoms. The SMILES string of the molecule is CCN(Cc1cc2ccc(OC)cc2[nH]c1=O)C[C@H]1CCN(C)C1. The lowest BCUT2D eigenvalue weighted by atomic mass is 10.1. The summed E-state index contributed by atoms with van der Waals surface area (Å²) in [6, 6.07) is 7.80. The summed E-state index contributed by atoms with van der Waals surface area (Å²) in [4.78, 5) is 20.2. The number of fused-ring (bicyclic) bond motifs is 1. The van der Waals surface area contributed by atoms with Crippen LogP contribution in [0.25, 0.3) is 10.9 Å². The van der Waals surface area contributed by atoms with E-state index >= 15 is 0 Å². The van der Waals surface area contributed by atoms with Gasteiger partial charge in [0.05, 0.1) is 12.6 Å². The Morgan fingerprint density at radius 2 is 2.21 bits per heavy atom. The van der Waals surface area contributed by atoms with Gasteiger partial charge in [-0.15, -0.1) is 0 Å². The van der Waals surface area contributed by atoms with Gasteiger partial charge >= 0.3 is 0 Å². The van der Waals surface area contributed by atoms with Gasteiger partial charge in [0, 0.05) is 31.3 Å². The highest BCUT2D eigenvalue weighted by Gasteiger charge is 2.22. The first-order valence-corrected chi connectivity index (χ1v) is 8.70. The zero-order chi connectivity index (χ0) is 17.1. The number of benzene rings is 1. The first-order valence-electron chi connectivity index (χ1n) is 8.70. The predicted molar refractivity (Wildman–Crippen MR) is 97.7 cm³/mol. The molecule has 1 N–H and O–H groups in total. The van der Waals surface area contributed by atoms with Crippen molar-refractivity contribution in [1.29, 1.82) is 0 Å². The molecule has 0 aliphatic carbocycles. The van der Waals surface area contributed by atoms with E-state index in [1.807, 2.05) is 24.3 Å². The number of rotatable bonds is 6. The summed E-state index contributed by atoms with van der Waals surface area (Å²) in [7, 11) is 3.81. The number of likely N-dealkylation sites (tertiary alicyclic amines) is 1. The van der Waals surface area contributed by atoms with Gasteiger partial charge in [-0.25, -0.2) is 0 Å². The molecule has 1 aromatic heterocycles. The van der Waals surface area contributed by atoms with Gasteiger partial charge in [-0.2, -0.15) is 0 Å². The van der Waals surface area contributed by atoms with Crippen LogP contribution in [0.1, 0.15) is 18.9 Å². The van der Waals surface area contributed by atoms with Crippen LogP contribution in [0.15, 0.2) is 29.1 Å². The van der Waals surface area contributed by atoms with E-state index in [0.29, 0.717) is 12.5 Å². The minimum Gasteiger partial charge on any atom is -0.497 e. The molecule has 0 unspecified atom stereocenters. The van der Waals surface area contributed by atoms with Gasteiger partial charge in [0.1, 0.15) is 5.75 Å². The van der Waals surface area contributed by atoms with Crippen molar-refractivity contribution >= 4 is 10.9 Å². The fourth-order valence-corrected chi connectivity index (χ4v) is 3.56. The number of aromatic amines is 1. The fourth-order valence-electron chi connectivity index (χ4n) is 3.56. The van der Waals surface area contributed by atoms with Gasteiger partial charge in [0.25, 0.3) is 5.56 Å². The first kappa shape index (κ1) is 17.0. The van der Waals surface area contributed by atoms with Crippen LogP contribution in [0.4, 0.5) is 0 Å². The molecule has 1 aliphatic rings. The highest BCUT2D eigenvalue weighted by Crippen LogP contribution is 2.20. The zero-order valence-corrected chi connectivity index (χ0v) is 14.8. The van der Waals surface area contributed by atoms with Gasteiger partial charge in [-0.1, -0.05) is 6.92 Å². The van der Waals surface area contributed by atoms with Crippen molar-refractivity contribution < 1.29 is 4.74 Å². The standard InChI is InChI=1S/C19H27N3O2/c1-4-22(12-14-7-8-21(2)11-14)13-16-9-15-5-6-17(24-3)10-18(15)20-19(16)23/h5-6,9-10,14H,4,7-8,11-13H2,1-3H3,(H,20,23)/t14-/m0/s1. The first-order chi connectivity index (χ1) is 11.6. The normalized spacial score (nSPS) is 18.6. The Hall–Kier alpha value is -1.85. The second-order valence-corrected chi connectivity index (χ2v) is 6.82. The summed E-state index contributed by atoms with van der Waals surface area (Å²) in [6.45, 7) is 7.22. The minimum atomic E-state index is -0.00209. The summed E-state index contributed by atoms with van der Waals surface area (Å²) in [5, 5.41) is 1.04. The molecule has 5 nitrogen and oxygen atoms in total. The number of nitrogens with one attached hydrogen (secondary N) is 1. The molecule has 0 saturated carbocycles. The molecule has 130 valence electrons. The Kier molecular flexibility index (Phi) is 5.21. The maximum Gasteiger partial charge on any atom is 0.252 e. The smallest absolute Gasteiger partial charge is 0.252 e. The Morgan fingerprint density at radius 3 is 2.88 bits per heavy atom. The molecule has 1 aliphatic heterocycles. The average Bonchev–Trinajstić information content (AvgIpc) is 2.99. The molecular formula is C19H27N3O2. The van der Waals surface area contributed by atoms with Crippen molar-refractivity contribution in [1.82, 2.24) is 14.8 Å². The van der Waals surface area contributed by atoms with E-state index in [9.17, 15) is 4.79 Å². The Balaban J connectivity index is 1.77. The Morgan fingerprint density at radius 1 is 1.38 bits per heavy atom. The summed E-state index contributed by atoms with van der Waals surface area (Å²) in [6.07, 6.45) is 1.25. The van der Waals surface area contributed by atoms with Gasteiger partial charge in [0.2, 0.25) is 0 Å². The summed E-state index contributed by atoms with van der Waals surface area (Å²) < 4.78 is 5.22. The van der Waals surface area contributed by atoms with Crippen LogP contribution in [0.2, 0.25) is 0 Å². The second kappa shape index (κ2) is 7.36. The van der Waals surface area contributed by atoms with Crippen LogP contribution in [-0.2, 0) is 6.54 Å². The second-order valence-electron chi connectivity index (χ2n) is 6.82. The average molecular weight is 329 g/mol. The third-order valence-corrected chi connectivity index (χ3v) is 4.98. The molecule has 0 amide bonds. The third kappa shape index (κ3) is 3.79. The quantitative estimate of drug-likeness (QED) is 0.883. The largest absolute Gasteiger partial charge is 0.497 e. The number of methoxy groups -OCH3 is 1. The van der Waals surface area contributed by atoms with E-state index < -0.39 is 0 Å². The number of aromatic nitrogens is 1. The van der Waals surface area contributed by atoms with Crippen molar-refractivity contribution in [2.75, 3.05) is 40.3 Å². The van der Waals surface area contributed by atoms with Crippen molar-refractivity contribution in [3.05, 3.63) is 40.2 Å². The fraction of sp³-hybridized carbons (Fsp3) is 0.526. The van der Waals surface area contributed by atoms with E-state index in [-0.39, 0.29) is 5.56 Å². The number of hydrogen-bond acceptors (Lipinski definition) is 4. The van der Waals surface area contributed by atoms with Crippen LogP contribution in [0.3, 0.4) is 0 Å². The molecule has 0 bridgehead atoms. The van der Waals surface area contributed by atoms with Gasteiger partial charge in [-0.05, 0) is 56.1 Å². The highest BCUT2D eigenvalue weighted by molar-refractivity contribution is 5.80. The zero-order valence-electron chi connectivity index (χ0n) is 14.8. The van der Waals surface area contributed by atoms with Crippen molar-refractivity contribution in [3.8, 4) is 5.75 Å². The van der Waals surface area contributed by atoms with E-state index in [1.54, 1.807) is 7.11 Å². The van der Waals surface area contributed by atoms with Crippen LogP contribution in [-0.4, -0.2) is 55.1 Å². The molecule has 1 aromatic carbocycles. The molecule has 3 rings (SSSR count). The number of ether oxygens (including phenoxy) is 1. The lowest BCUT2D eigenvalue weighted by Crippen LogP contribution is -2.32. The maximum atomic E-state index is 12.4. The number of nitrogens with zero attached hydrogens (tertiary/aromatic N) is 2. The van der Waals surface area contributed by atoms with Crippen molar-refractivity contribution in [3.63, 3.8) is 0 Å². The molecule has 2 aromatic rings. The molecule has 1 atom stereocenters. The van der Waals surface area contributed by atoms with Crippen LogP contribution < -0.4 is 10.3 Å². The monoisotopic (exact) mass is 329 g/mol. The van der Waals surface area contributed by atoms with E-state index in [1.165, 1.54) is 13.0 Å². The third-order valence-electron chi connectivity index (χ3n) is 4.98. The molecule has 1 saturated heterocycles. The summed E-state index contributed by atoms with van der Waals surface area (Å²) >= 11 is 0. The predicted octanol–water partition coefficient (Wildman–Crippen LogP) is 2.31. The molecule has 0 radical (unpaired) electrons. The van der Waals surface area contributed by atoms with Crippen LogP contribution in [0.5, 0.6) is 5.75 Å². The highest BCUT2D eigenvalue weighted by atomic mass is 16.5. The number of pyridine rings is 1. The number of hydrogen-bond donors (Lipinski definition) is 1. The lowest BCUT2D eigenvalue weighted by molar-refractivity contribution is 0.232. The Labute approximate surface area is 143 Å². The molecule has 24 heavy (non-hydrogen) atoms. The minimum absolute atomic E-state index is 0.00209. The Bertz CT molecular complexity index is 756. The maximum absolute atomic E-state index is 12.4. The topological polar surface area (TPSA) is 48.6 Å². The molecule has 1 fully saturated rings.